The van der Waals surface area contributed by atoms with Crippen LogP contribution in [0.2, 0.25) is 0 Å². The summed E-state index contributed by atoms with van der Waals surface area (Å²) in [6, 6.07) is 13.9. The molecule has 3 aromatic rings. The highest BCUT2D eigenvalue weighted by molar-refractivity contribution is 6.20. The smallest absolute Gasteiger partial charge is 0.330 e. The number of hydrogen-bond donors (Lipinski definition) is 0. The number of hydroxylamine groups is 2. The Bertz CT molecular complexity index is 973. The number of para-hydroxylation sites is 2. The van der Waals surface area contributed by atoms with Crippen molar-refractivity contribution in [3.63, 3.8) is 0 Å². The van der Waals surface area contributed by atoms with Crippen molar-refractivity contribution in [3.05, 3.63) is 66.0 Å². The van der Waals surface area contributed by atoms with E-state index in [1.165, 1.54) is 12.1 Å². The highest BCUT2D eigenvalue weighted by Gasteiger charge is 2.38. The highest BCUT2D eigenvalue weighted by Crippen LogP contribution is 2.23. The molecule has 1 aliphatic rings. The Hall–Kier alpha value is -3.48. The summed E-state index contributed by atoms with van der Waals surface area (Å²) < 4.78 is 1.82. The Labute approximate surface area is 142 Å². The van der Waals surface area contributed by atoms with Crippen molar-refractivity contribution in [1.29, 1.82) is 0 Å². The molecule has 1 aliphatic heterocycles. The predicted octanol–water partition coefficient (Wildman–Crippen LogP) is 2.18. The van der Waals surface area contributed by atoms with Gasteiger partial charge in [0, 0.05) is 6.54 Å². The quantitative estimate of drug-likeness (QED) is 0.683. The minimum Gasteiger partial charge on any atom is -0.330 e. The van der Waals surface area contributed by atoms with Crippen molar-refractivity contribution in [3.8, 4) is 0 Å². The van der Waals surface area contributed by atoms with Gasteiger partial charge in [-0.3, -0.25) is 9.59 Å². The maximum atomic E-state index is 12.2. The second kappa shape index (κ2) is 5.86. The van der Waals surface area contributed by atoms with Gasteiger partial charge in [-0.25, -0.2) is 9.78 Å². The van der Waals surface area contributed by atoms with Crippen molar-refractivity contribution in [1.82, 2.24) is 14.6 Å². The molecule has 4 rings (SSSR count). The molecule has 0 bridgehead atoms. The van der Waals surface area contributed by atoms with Crippen molar-refractivity contribution < 1.29 is 19.2 Å². The highest BCUT2D eigenvalue weighted by atomic mass is 16.7. The number of benzene rings is 2. The number of aryl methyl sites for hydroxylation is 1. The molecule has 2 amide bonds. The topological polar surface area (TPSA) is 81.5 Å². The lowest BCUT2D eigenvalue weighted by Crippen LogP contribution is -2.32. The first-order chi connectivity index (χ1) is 12.1. The van der Waals surface area contributed by atoms with Crippen LogP contribution in [0, 0.1) is 0 Å². The van der Waals surface area contributed by atoms with Gasteiger partial charge in [-0.15, -0.1) is 0 Å². The lowest BCUT2D eigenvalue weighted by Gasteiger charge is -2.12. The molecule has 7 heteroatoms. The fraction of sp³-hybridized carbons (Fsp3) is 0.111. The van der Waals surface area contributed by atoms with Crippen LogP contribution in [0.15, 0.2) is 54.9 Å². The van der Waals surface area contributed by atoms with Crippen LogP contribution in [0.5, 0.6) is 0 Å². The van der Waals surface area contributed by atoms with Gasteiger partial charge < -0.3 is 9.40 Å². The summed E-state index contributed by atoms with van der Waals surface area (Å²) in [5, 5.41) is 0.527. The maximum Gasteiger partial charge on any atom is 0.335 e. The zero-order valence-corrected chi connectivity index (χ0v) is 13.1. The summed E-state index contributed by atoms with van der Waals surface area (Å²) in [7, 11) is 0. The van der Waals surface area contributed by atoms with E-state index < -0.39 is 17.8 Å². The third kappa shape index (κ3) is 2.55. The molecule has 25 heavy (non-hydrogen) atoms. The molecule has 0 spiro atoms. The normalized spacial score (nSPS) is 13.4. The second-order valence-corrected chi connectivity index (χ2v) is 5.59. The maximum absolute atomic E-state index is 12.2. The average Bonchev–Trinajstić information content (AvgIpc) is 3.15. The van der Waals surface area contributed by atoms with E-state index in [-0.39, 0.29) is 17.5 Å². The average molecular weight is 335 g/mol. The number of imidazole rings is 1. The van der Waals surface area contributed by atoms with E-state index in [0.717, 1.165) is 11.0 Å². The van der Waals surface area contributed by atoms with Crippen LogP contribution in [0.4, 0.5) is 0 Å². The number of rotatable bonds is 4. The molecule has 0 N–H and O–H groups in total. The molecule has 0 saturated carbocycles. The number of hydrogen-bond acceptors (Lipinski definition) is 5. The van der Waals surface area contributed by atoms with Crippen molar-refractivity contribution in [2.75, 3.05) is 0 Å². The van der Waals surface area contributed by atoms with Gasteiger partial charge in [0.25, 0.3) is 11.8 Å². The molecule has 7 nitrogen and oxygen atoms in total. The van der Waals surface area contributed by atoms with Gasteiger partial charge in [0.15, 0.2) is 0 Å². The van der Waals surface area contributed by atoms with E-state index in [9.17, 15) is 14.4 Å². The number of carbonyl (C=O) groups excluding carboxylic acids is 3. The standard InChI is InChI=1S/C18H13N3O4/c22-16(9-10-20-11-19-14-7-3-4-8-15(14)20)25-21-17(23)12-5-1-2-6-13(12)18(21)24/h1-8,11H,9-10H2. The van der Waals surface area contributed by atoms with Gasteiger partial charge in [0.1, 0.15) is 0 Å². The fourth-order valence-corrected chi connectivity index (χ4v) is 2.80. The molecule has 0 radical (unpaired) electrons. The van der Waals surface area contributed by atoms with E-state index >= 15 is 0 Å². The molecular weight excluding hydrogens is 322 g/mol. The van der Waals surface area contributed by atoms with E-state index in [4.69, 9.17) is 4.84 Å². The zero-order valence-electron chi connectivity index (χ0n) is 13.1. The van der Waals surface area contributed by atoms with Crippen molar-refractivity contribution in [2.45, 2.75) is 13.0 Å². The summed E-state index contributed by atoms with van der Waals surface area (Å²) in [5.74, 6) is -1.91. The summed E-state index contributed by atoms with van der Waals surface area (Å²) >= 11 is 0. The third-order valence-electron chi connectivity index (χ3n) is 4.03. The van der Waals surface area contributed by atoms with Crippen LogP contribution >= 0.6 is 0 Å². The Morgan fingerprint density at radius 2 is 1.60 bits per heavy atom. The zero-order chi connectivity index (χ0) is 17.4. The molecule has 1 aromatic heterocycles. The molecule has 0 fully saturated rings. The first-order valence-corrected chi connectivity index (χ1v) is 7.73. The number of amides is 2. The minimum absolute atomic E-state index is 0.00770. The van der Waals surface area contributed by atoms with E-state index in [1.54, 1.807) is 18.5 Å². The molecule has 124 valence electrons. The molecule has 2 heterocycles. The molecule has 0 saturated heterocycles. The lowest BCUT2D eigenvalue weighted by molar-refractivity contribution is -0.168. The van der Waals surface area contributed by atoms with Gasteiger partial charge in [-0.1, -0.05) is 29.3 Å². The number of fused-ring (bicyclic) bond motifs is 2. The summed E-state index contributed by atoms with van der Waals surface area (Å²) in [6.45, 7) is 0.336. The lowest BCUT2D eigenvalue weighted by atomic mass is 10.1. The fourth-order valence-electron chi connectivity index (χ4n) is 2.80. The summed E-state index contributed by atoms with van der Waals surface area (Å²) in [5.41, 5.74) is 2.20. The summed E-state index contributed by atoms with van der Waals surface area (Å²) in [4.78, 5) is 45.6. The van der Waals surface area contributed by atoms with Crippen molar-refractivity contribution in [2.24, 2.45) is 0 Å². The van der Waals surface area contributed by atoms with Crippen LogP contribution in [0.3, 0.4) is 0 Å². The number of carbonyl (C=O) groups is 3. The molecular formula is C18H13N3O4. The predicted molar refractivity (Wildman–Crippen MR) is 87.4 cm³/mol. The van der Waals surface area contributed by atoms with Gasteiger partial charge >= 0.3 is 5.97 Å². The third-order valence-corrected chi connectivity index (χ3v) is 4.03. The first kappa shape index (κ1) is 15.1. The monoisotopic (exact) mass is 335 g/mol. The van der Waals surface area contributed by atoms with E-state index in [0.29, 0.717) is 11.6 Å². The Morgan fingerprint density at radius 3 is 2.32 bits per heavy atom. The van der Waals surface area contributed by atoms with Gasteiger partial charge in [0.05, 0.1) is 34.9 Å². The Balaban J connectivity index is 1.43. The molecule has 0 atom stereocenters. The van der Waals surface area contributed by atoms with Gasteiger partial charge in [-0.05, 0) is 24.3 Å². The van der Waals surface area contributed by atoms with Crippen molar-refractivity contribution >= 4 is 28.8 Å². The Kier molecular flexibility index (Phi) is 3.53. The van der Waals surface area contributed by atoms with Crippen LogP contribution < -0.4 is 0 Å². The minimum atomic E-state index is -0.660. The van der Waals surface area contributed by atoms with Crippen LogP contribution in [-0.4, -0.2) is 32.4 Å². The van der Waals surface area contributed by atoms with E-state index in [2.05, 4.69) is 4.98 Å². The number of nitrogens with zero attached hydrogens (tertiary/aromatic N) is 3. The van der Waals surface area contributed by atoms with Crippen LogP contribution in [0.1, 0.15) is 27.1 Å². The number of imide groups is 1. The van der Waals surface area contributed by atoms with Crippen LogP contribution in [0.25, 0.3) is 11.0 Å². The van der Waals surface area contributed by atoms with Gasteiger partial charge in [0.2, 0.25) is 0 Å². The molecule has 0 aliphatic carbocycles. The molecule has 2 aromatic carbocycles. The second-order valence-electron chi connectivity index (χ2n) is 5.59. The molecule has 0 unspecified atom stereocenters. The largest absolute Gasteiger partial charge is 0.335 e. The van der Waals surface area contributed by atoms with Crippen LogP contribution in [-0.2, 0) is 16.2 Å². The SMILES string of the molecule is O=C(CCn1cnc2ccccc21)ON1C(=O)c2ccccc2C1=O. The number of aromatic nitrogens is 2. The van der Waals surface area contributed by atoms with E-state index in [1.807, 2.05) is 28.8 Å². The Morgan fingerprint density at radius 1 is 0.960 bits per heavy atom. The van der Waals surface area contributed by atoms with Gasteiger partial charge in [-0.2, -0.15) is 0 Å². The summed E-state index contributed by atoms with van der Waals surface area (Å²) in [6.07, 6.45) is 1.65. The first-order valence-electron chi connectivity index (χ1n) is 7.73.